The molecule has 0 N–H and O–H groups in total. The Bertz CT molecular complexity index is 95.7. The second-order valence-electron chi connectivity index (χ2n) is 1.04. The summed E-state index contributed by atoms with van der Waals surface area (Å²) in [6, 6.07) is 0. The zero-order chi connectivity index (χ0) is 4.41. The van der Waals surface area contributed by atoms with E-state index in [9.17, 15) is 0 Å². The van der Waals surface area contributed by atoms with Crippen molar-refractivity contribution in [3.05, 3.63) is 12.3 Å². The summed E-state index contributed by atoms with van der Waals surface area (Å²) >= 11 is 1.63. The number of hydrogen-bond acceptors (Lipinski definition) is 2. The molecule has 0 aromatic rings. The number of hydrogen-bond donors (Lipinski definition) is 0. The molecule has 0 unspecified atom stereocenters. The highest BCUT2D eigenvalue weighted by molar-refractivity contribution is 8.12. The molecule has 2 heteroatoms. The van der Waals surface area contributed by atoms with Gasteiger partial charge in [-0.3, -0.25) is 4.99 Å². The summed E-state index contributed by atoms with van der Waals surface area (Å²) in [6.45, 7) is 5.23. The number of nitrogens with zero attached hydrogens (tertiary/aromatic N) is 1. The van der Waals surface area contributed by atoms with Gasteiger partial charge in [-0.1, -0.05) is 0 Å². The molecule has 0 saturated carbocycles. The predicted octanol–water partition coefficient (Wildman–Crippen LogP) is 1.08. The highest BCUT2D eigenvalue weighted by Gasteiger charge is 1.94. The highest BCUT2D eigenvalue weighted by Crippen LogP contribution is 2.10. The van der Waals surface area contributed by atoms with Crippen LogP contribution in [0.15, 0.2) is 10.7 Å². The summed E-state index contributed by atoms with van der Waals surface area (Å²) in [4.78, 5) is 3.77. The molecule has 6 heavy (non-hydrogen) atoms. The average Bonchev–Trinajstić information content (AvgIpc) is 1.86. The van der Waals surface area contributed by atoms with Gasteiger partial charge in [0.1, 0.15) is 0 Å². The SMILES string of the molecule is [CH]=C1CSC=N1. The standard InChI is InChI=1S/C4H4NS/c1-4-2-6-3-5-4/h1,3H,2H2. The largest absolute Gasteiger partial charge is 0.254 e. The quantitative estimate of drug-likeness (QED) is 0.441. The first-order valence-corrected chi connectivity index (χ1v) is 2.70. The zero-order valence-electron chi connectivity index (χ0n) is 3.22. The lowest BCUT2D eigenvalue weighted by molar-refractivity contribution is 1.38. The maximum atomic E-state index is 5.23. The van der Waals surface area contributed by atoms with Crippen LogP contribution < -0.4 is 0 Å². The second-order valence-corrected chi connectivity index (χ2v) is 1.87. The average molecular weight is 98.1 g/mol. The van der Waals surface area contributed by atoms with E-state index in [1.165, 1.54) is 0 Å². The molecular weight excluding hydrogens is 94.1 g/mol. The van der Waals surface area contributed by atoms with Gasteiger partial charge in [0, 0.05) is 5.75 Å². The van der Waals surface area contributed by atoms with Gasteiger partial charge < -0.3 is 0 Å². The van der Waals surface area contributed by atoms with Gasteiger partial charge in [-0.25, -0.2) is 0 Å². The van der Waals surface area contributed by atoms with Gasteiger partial charge >= 0.3 is 0 Å². The topological polar surface area (TPSA) is 12.4 Å². The lowest BCUT2D eigenvalue weighted by atomic mass is 10.6. The predicted molar refractivity (Wildman–Crippen MR) is 28.8 cm³/mol. The van der Waals surface area contributed by atoms with Gasteiger partial charge in [0.25, 0.3) is 0 Å². The molecule has 0 atom stereocenters. The van der Waals surface area contributed by atoms with Gasteiger partial charge in [-0.2, -0.15) is 0 Å². The third-order valence-corrected chi connectivity index (χ3v) is 1.24. The molecule has 0 fully saturated rings. The van der Waals surface area contributed by atoms with Crippen LogP contribution in [0.25, 0.3) is 0 Å². The van der Waals surface area contributed by atoms with Crippen molar-refractivity contribution in [3.8, 4) is 0 Å². The van der Waals surface area contributed by atoms with E-state index in [0.29, 0.717) is 0 Å². The molecule has 31 valence electrons. The molecular formula is C4H4NS. The molecule has 0 spiro atoms. The van der Waals surface area contributed by atoms with Crippen LogP contribution in [0.2, 0.25) is 0 Å². The molecule has 1 radical (unpaired) electrons. The second kappa shape index (κ2) is 1.47. The lowest BCUT2D eigenvalue weighted by Gasteiger charge is -1.75. The van der Waals surface area contributed by atoms with Gasteiger partial charge in [0.15, 0.2) is 0 Å². The molecule has 0 bridgehead atoms. The Morgan fingerprint density at radius 3 is 3.00 bits per heavy atom. The molecule has 0 aromatic carbocycles. The fourth-order valence-electron chi connectivity index (χ4n) is 0.265. The monoisotopic (exact) mass is 98.0 g/mol. The minimum Gasteiger partial charge on any atom is -0.254 e. The van der Waals surface area contributed by atoms with Crippen molar-refractivity contribution in [2.45, 2.75) is 0 Å². The van der Waals surface area contributed by atoms with E-state index in [0.717, 1.165) is 11.4 Å². The Hall–Kier alpha value is -0.240. The van der Waals surface area contributed by atoms with Crippen molar-refractivity contribution in [3.63, 3.8) is 0 Å². The normalized spacial score (nSPS) is 19.7. The van der Waals surface area contributed by atoms with Crippen molar-refractivity contribution in [2.24, 2.45) is 4.99 Å². The Kier molecular flexibility index (Phi) is 0.965. The van der Waals surface area contributed by atoms with Crippen molar-refractivity contribution in [2.75, 3.05) is 5.75 Å². The third kappa shape index (κ3) is 0.627. The van der Waals surface area contributed by atoms with E-state index in [1.807, 2.05) is 0 Å². The minimum absolute atomic E-state index is 0.736. The van der Waals surface area contributed by atoms with E-state index >= 15 is 0 Å². The van der Waals surface area contributed by atoms with Crippen LogP contribution in [0, 0.1) is 6.58 Å². The number of rotatable bonds is 0. The van der Waals surface area contributed by atoms with Crippen molar-refractivity contribution in [1.29, 1.82) is 0 Å². The maximum absolute atomic E-state index is 5.23. The van der Waals surface area contributed by atoms with Gasteiger partial charge in [-0.05, 0) is 6.58 Å². The van der Waals surface area contributed by atoms with Gasteiger partial charge in [0.2, 0.25) is 0 Å². The fourth-order valence-corrected chi connectivity index (χ4v) is 0.795. The Balaban J connectivity index is 2.59. The molecule has 0 aliphatic carbocycles. The van der Waals surface area contributed by atoms with Crippen LogP contribution in [0.3, 0.4) is 0 Å². The summed E-state index contributed by atoms with van der Waals surface area (Å²) in [5.74, 6) is 0.875. The summed E-state index contributed by atoms with van der Waals surface area (Å²) in [7, 11) is 0. The fraction of sp³-hybridized carbons (Fsp3) is 0.250. The van der Waals surface area contributed by atoms with E-state index in [2.05, 4.69) is 4.99 Å². The lowest BCUT2D eigenvalue weighted by Crippen LogP contribution is -1.66. The van der Waals surface area contributed by atoms with Crippen LogP contribution >= 0.6 is 11.8 Å². The molecule has 1 nitrogen and oxygen atoms in total. The first-order valence-electron chi connectivity index (χ1n) is 1.65. The summed E-state index contributed by atoms with van der Waals surface area (Å²) in [5, 5.41) is 0. The van der Waals surface area contributed by atoms with E-state index in [-0.39, 0.29) is 0 Å². The first-order chi connectivity index (χ1) is 2.89. The van der Waals surface area contributed by atoms with Crippen molar-refractivity contribution >= 4 is 17.3 Å². The van der Waals surface area contributed by atoms with Crippen molar-refractivity contribution in [1.82, 2.24) is 0 Å². The first kappa shape index (κ1) is 3.93. The Labute approximate surface area is 41.2 Å². The molecule has 0 saturated heterocycles. The molecule has 0 aromatic heterocycles. The van der Waals surface area contributed by atoms with E-state index in [1.54, 1.807) is 17.3 Å². The zero-order valence-corrected chi connectivity index (χ0v) is 4.03. The smallest absolute Gasteiger partial charge is 0.0604 e. The van der Waals surface area contributed by atoms with Gasteiger partial charge in [0.05, 0.1) is 11.2 Å². The van der Waals surface area contributed by atoms with Crippen molar-refractivity contribution < 1.29 is 0 Å². The summed E-state index contributed by atoms with van der Waals surface area (Å²) in [6.07, 6.45) is 0. The number of thioether (sulfide) groups is 1. The van der Waals surface area contributed by atoms with Gasteiger partial charge in [-0.15, -0.1) is 11.8 Å². The number of aliphatic imine (C=N–C) groups is 1. The molecule has 1 heterocycles. The van der Waals surface area contributed by atoms with E-state index < -0.39 is 0 Å². The molecule has 1 aliphatic heterocycles. The molecule has 1 aliphatic rings. The van der Waals surface area contributed by atoms with E-state index in [4.69, 9.17) is 6.58 Å². The van der Waals surface area contributed by atoms with Crippen LogP contribution in [-0.4, -0.2) is 11.3 Å². The Morgan fingerprint density at radius 2 is 2.83 bits per heavy atom. The maximum Gasteiger partial charge on any atom is 0.0604 e. The molecule has 0 amide bonds. The van der Waals surface area contributed by atoms with Crippen LogP contribution in [0.5, 0.6) is 0 Å². The molecule has 1 rings (SSSR count). The summed E-state index contributed by atoms with van der Waals surface area (Å²) in [5.41, 5.74) is 2.50. The third-order valence-electron chi connectivity index (χ3n) is 0.524. The highest BCUT2D eigenvalue weighted by atomic mass is 32.2. The van der Waals surface area contributed by atoms with Crippen LogP contribution in [-0.2, 0) is 0 Å². The summed E-state index contributed by atoms with van der Waals surface area (Å²) < 4.78 is 0. The van der Waals surface area contributed by atoms with Crippen LogP contribution in [0.4, 0.5) is 0 Å². The Morgan fingerprint density at radius 1 is 2.00 bits per heavy atom. The minimum atomic E-state index is 0.736. The van der Waals surface area contributed by atoms with Crippen LogP contribution in [0.1, 0.15) is 0 Å².